The maximum Gasteiger partial charge on any atom is 0.326 e. The molecule has 1 rings (SSSR count). The summed E-state index contributed by atoms with van der Waals surface area (Å²) in [5.41, 5.74) is 0.859. The lowest BCUT2D eigenvalue weighted by Gasteiger charge is -2.14. The lowest BCUT2D eigenvalue weighted by molar-refractivity contribution is -0.139. The topological polar surface area (TPSA) is 92.7 Å². The second-order valence-electron chi connectivity index (χ2n) is 4.65. The van der Waals surface area contributed by atoms with Crippen molar-refractivity contribution in [2.24, 2.45) is 0 Å². The molecule has 0 saturated heterocycles. The summed E-state index contributed by atoms with van der Waals surface area (Å²) in [7, 11) is 0. The monoisotopic (exact) mass is 291 g/mol. The first-order valence-corrected chi connectivity index (χ1v) is 6.26. The van der Waals surface area contributed by atoms with Gasteiger partial charge in [0.05, 0.1) is 0 Å². The summed E-state index contributed by atoms with van der Waals surface area (Å²) in [6, 6.07) is 4.90. The summed E-state index contributed by atoms with van der Waals surface area (Å²) < 4.78 is 4.87. The first-order valence-electron chi connectivity index (χ1n) is 6.26. The standard InChI is InChI=1S/C15H17NO5/c1-9(2)7-13(15(19)20)16-14(18)11-5-4-6-12(8-11)21-10(3)17/h4-6,8,13H,1,7H2,2-3H3,(H,16,18)(H,19,20)/t13-/m1/s1. The minimum Gasteiger partial charge on any atom is -0.480 e. The molecule has 0 heterocycles. The summed E-state index contributed by atoms with van der Waals surface area (Å²) in [5.74, 6) is -1.97. The Bertz CT molecular complexity index is 579. The molecule has 0 aliphatic carbocycles. The zero-order valence-electron chi connectivity index (χ0n) is 11.9. The van der Waals surface area contributed by atoms with E-state index in [-0.39, 0.29) is 17.7 Å². The maximum absolute atomic E-state index is 12.0. The Hall–Kier alpha value is -2.63. The third-order valence-corrected chi connectivity index (χ3v) is 2.51. The van der Waals surface area contributed by atoms with Crippen molar-refractivity contribution < 1.29 is 24.2 Å². The Morgan fingerprint density at radius 3 is 2.52 bits per heavy atom. The summed E-state index contributed by atoms with van der Waals surface area (Å²) >= 11 is 0. The van der Waals surface area contributed by atoms with Crippen LogP contribution in [0.4, 0.5) is 0 Å². The largest absolute Gasteiger partial charge is 0.480 e. The van der Waals surface area contributed by atoms with Crippen molar-refractivity contribution in [2.45, 2.75) is 26.3 Å². The van der Waals surface area contributed by atoms with Gasteiger partial charge in [0, 0.05) is 12.5 Å². The minimum absolute atomic E-state index is 0.144. The molecule has 21 heavy (non-hydrogen) atoms. The number of nitrogens with one attached hydrogen (secondary N) is 1. The number of hydrogen-bond acceptors (Lipinski definition) is 4. The molecular formula is C15H17NO5. The average Bonchev–Trinajstić information content (AvgIpc) is 2.36. The van der Waals surface area contributed by atoms with Gasteiger partial charge < -0.3 is 15.2 Å². The Balaban J connectivity index is 2.84. The van der Waals surface area contributed by atoms with Crippen LogP contribution < -0.4 is 10.1 Å². The van der Waals surface area contributed by atoms with Gasteiger partial charge in [-0.05, 0) is 31.5 Å². The number of carbonyl (C=O) groups is 3. The summed E-state index contributed by atoms with van der Waals surface area (Å²) in [5, 5.41) is 11.5. The molecule has 6 heteroatoms. The van der Waals surface area contributed by atoms with Crippen LogP contribution in [0.5, 0.6) is 5.75 Å². The Labute approximate surface area is 122 Å². The van der Waals surface area contributed by atoms with Crippen LogP contribution in [-0.4, -0.2) is 29.0 Å². The molecule has 2 N–H and O–H groups in total. The number of ether oxygens (including phenoxy) is 1. The number of esters is 1. The van der Waals surface area contributed by atoms with E-state index in [2.05, 4.69) is 11.9 Å². The number of carboxylic acids is 1. The number of hydrogen-bond donors (Lipinski definition) is 2. The number of aliphatic carboxylic acids is 1. The Morgan fingerprint density at radius 1 is 1.33 bits per heavy atom. The summed E-state index contributed by atoms with van der Waals surface area (Å²) in [6.45, 7) is 6.57. The Kier molecular flexibility index (Phi) is 5.66. The van der Waals surface area contributed by atoms with Gasteiger partial charge in [-0.2, -0.15) is 0 Å². The van der Waals surface area contributed by atoms with Crippen molar-refractivity contribution in [3.63, 3.8) is 0 Å². The van der Waals surface area contributed by atoms with E-state index in [0.717, 1.165) is 0 Å². The number of rotatable bonds is 6. The quantitative estimate of drug-likeness (QED) is 0.473. The zero-order valence-corrected chi connectivity index (χ0v) is 11.9. The highest BCUT2D eigenvalue weighted by molar-refractivity contribution is 5.97. The number of carbonyl (C=O) groups excluding carboxylic acids is 2. The molecule has 1 aromatic rings. The van der Waals surface area contributed by atoms with Gasteiger partial charge in [-0.25, -0.2) is 4.79 Å². The number of amides is 1. The van der Waals surface area contributed by atoms with Crippen molar-refractivity contribution in [2.75, 3.05) is 0 Å². The second kappa shape index (κ2) is 7.23. The van der Waals surface area contributed by atoms with Crippen LogP contribution in [0.3, 0.4) is 0 Å². The summed E-state index contributed by atoms with van der Waals surface area (Å²) in [4.78, 5) is 34.0. The highest BCUT2D eigenvalue weighted by Crippen LogP contribution is 2.14. The molecule has 0 saturated carbocycles. The minimum atomic E-state index is -1.14. The van der Waals surface area contributed by atoms with Crippen LogP contribution in [0.25, 0.3) is 0 Å². The predicted molar refractivity (Wildman–Crippen MR) is 76.1 cm³/mol. The van der Waals surface area contributed by atoms with Crippen molar-refractivity contribution in [3.8, 4) is 5.75 Å². The van der Waals surface area contributed by atoms with E-state index in [1.54, 1.807) is 13.0 Å². The highest BCUT2D eigenvalue weighted by atomic mass is 16.5. The molecule has 0 aliphatic rings. The molecule has 0 aromatic heterocycles. The molecule has 0 radical (unpaired) electrons. The smallest absolute Gasteiger partial charge is 0.326 e. The zero-order chi connectivity index (χ0) is 16.0. The predicted octanol–water partition coefficient (Wildman–Crippen LogP) is 1.76. The second-order valence-corrected chi connectivity index (χ2v) is 4.65. The highest BCUT2D eigenvalue weighted by Gasteiger charge is 2.20. The van der Waals surface area contributed by atoms with E-state index in [9.17, 15) is 14.4 Å². The fraction of sp³-hybridized carbons (Fsp3) is 0.267. The van der Waals surface area contributed by atoms with E-state index >= 15 is 0 Å². The molecule has 1 aromatic carbocycles. The first kappa shape index (κ1) is 16.4. The normalized spacial score (nSPS) is 11.3. The fourth-order valence-electron chi connectivity index (χ4n) is 1.66. The van der Waals surface area contributed by atoms with Crippen molar-refractivity contribution >= 4 is 17.8 Å². The molecule has 1 amide bonds. The lowest BCUT2D eigenvalue weighted by atomic mass is 10.1. The van der Waals surface area contributed by atoms with E-state index in [1.165, 1.54) is 25.1 Å². The molecule has 0 spiro atoms. The van der Waals surface area contributed by atoms with Crippen molar-refractivity contribution in [1.82, 2.24) is 5.32 Å². The number of benzene rings is 1. The van der Waals surface area contributed by atoms with Gasteiger partial charge in [0.15, 0.2) is 0 Å². The van der Waals surface area contributed by atoms with Gasteiger partial charge in [-0.3, -0.25) is 9.59 Å². The van der Waals surface area contributed by atoms with Crippen molar-refractivity contribution in [1.29, 1.82) is 0 Å². The molecule has 0 unspecified atom stereocenters. The van der Waals surface area contributed by atoms with E-state index in [4.69, 9.17) is 9.84 Å². The number of carboxylic acid groups (broad SMARTS) is 1. The molecule has 1 atom stereocenters. The molecule has 0 fully saturated rings. The molecule has 0 aliphatic heterocycles. The van der Waals surface area contributed by atoms with Crippen LogP contribution in [0.15, 0.2) is 36.4 Å². The van der Waals surface area contributed by atoms with Crippen LogP contribution in [0.1, 0.15) is 30.6 Å². The molecular weight excluding hydrogens is 274 g/mol. The molecule has 112 valence electrons. The van der Waals surface area contributed by atoms with Gasteiger partial charge >= 0.3 is 11.9 Å². The lowest BCUT2D eigenvalue weighted by Crippen LogP contribution is -2.40. The molecule has 6 nitrogen and oxygen atoms in total. The van der Waals surface area contributed by atoms with Gasteiger partial charge in [0.25, 0.3) is 5.91 Å². The van der Waals surface area contributed by atoms with Gasteiger partial charge in [0.1, 0.15) is 11.8 Å². The third kappa shape index (κ3) is 5.48. The van der Waals surface area contributed by atoms with Crippen LogP contribution in [-0.2, 0) is 9.59 Å². The van der Waals surface area contributed by atoms with Crippen LogP contribution >= 0.6 is 0 Å². The van der Waals surface area contributed by atoms with Crippen molar-refractivity contribution in [3.05, 3.63) is 42.0 Å². The van der Waals surface area contributed by atoms with Gasteiger partial charge in [-0.1, -0.05) is 11.6 Å². The Morgan fingerprint density at radius 2 is 2.00 bits per heavy atom. The fourth-order valence-corrected chi connectivity index (χ4v) is 1.66. The van der Waals surface area contributed by atoms with E-state index in [1.807, 2.05) is 0 Å². The van der Waals surface area contributed by atoms with E-state index in [0.29, 0.717) is 5.57 Å². The van der Waals surface area contributed by atoms with Gasteiger partial charge in [-0.15, -0.1) is 6.58 Å². The van der Waals surface area contributed by atoms with Crippen LogP contribution in [0.2, 0.25) is 0 Å². The molecule has 0 bridgehead atoms. The first-order chi connectivity index (χ1) is 9.79. The van der Waals surface area contributed by atoms with Crippen LogP contribution in [0, 0.1) is 0 Å². The average molecular weight is 291 g/mol. The van der Waals surface area contributed by atoms with E-state index < -0.39 is 23.9 Å². The SMILES string of the molecule is C=C(C)C[C@@H](NC(=O)c1cccc(OC(C)=O)c1)C(=O)O. The summed E-state index contributed by atoms with van der Waals surface area (Å²) in [6.07, 6.45) is 0.144. The third-order valence-electron chi connectivity index (χ3n) is 2.51. The van der Waals surface area contributed by atoms with Gasteiger partial charge in [0.2, 0.25) is 0 Å². The maximum atomic E-state index is 12.0.